The Morgan fingerprint density at radius 2 is 1.93 bits per heavy atom. The van der Waals surface area contributed by atoms with Gasteiger partial charge in [0.15, 0.2) is 0 Å². The topological polar surface area (TPSA) is 38.1 Å². The molecule has 0 amide bonds. The van der Waals surface area contributed by atoms with E-state index in [9.17, 15) is 0 Å². The number of nitrogens with zero attached hydrogens (tertiary/aromatic N) is 3. The molecule has 0 radical (unpaired) electrons. The van der Waals surface area contributed by atoms with E-state index in [1.165, 1.54) is 0 Å². The van der Waals surface area contributed by atoms with Crippen molar-refractivity contribution in [3.8, 4) is 0 Å². The van der Waals surface area contributed by atoms with Crippen LogP contribution in [0.1, 0.15) is 31.7 Å². The Hall–Kier alpha value is -1.25. The van der Waals surface area contributed by atoms with Gasteiger partial charge in [-0.25, -0.2) is 9.97 Å². The van der Waals surface area contributed by atoms with Crippen molar-refractivity contribution in [1.82, 2.24) is 9.97 Å². The number of hydrogen-bond donors (Lipinski definition) is 0. The SMILES string of the molecule is CC[C@H](C)C=Nc1c(C)ncnc1C. The Labute approximate surface area is 85.3 Å². The predicted octanol–water partition coefficient (Wildman–Crippen LogP) is 2.84. The van der Waals surface area contributed by atoms with Crippen molar-refractivity contribution in [2.24, 2.45) is 10.9 Å². The molecule has 76 valence electrons. The van der Waals surface area contributed by atoms with Crippen LogP contribution in [-0.2, 0) is 0 Å². The number of rotatable bonds is 3. The van der Waals surface area contributed by atoms with E-state index in [4.69, 9.17) is 0 Å². The summed E-state index contributed by atoms with van der Waals surface area (Å²) >= 11 is 0. The summed E-state index contributed by atoms with van der Waals surface area (Å²) in [5, 5.41) is 0. The lowest BCUT2D eigenvalue weighted by Gasteiger charge is -2.03. The fraction of sp³-hybridized carbons (Fsp3) is 0.545. The summed E-state index contributed by atoms with van der Waals surface area (Å²) in [6, 6.07) is 0. The van der Waals surface area contributed by atoms with Gasteiger partial charge in [-0.1, -0.05) is 13.8 Å². The summed E-state index contributed by atoms with van der Waals surface area (Å²) < 4.78 is 0. The third-order valence-corrected chi connectivity index (χ3v) is 2.29. The predicted molar refractivity (Wildman–Crippen MR) is 59.1 cm³/mol. The van der Waals surface area contributed by atoms with Gasteiger partial charge in [0.05, 0.1) is 11.4 Å². The summed E-state index contributed by atoms with van der Waals surface area (Å²) in [5.74, 6) is 0.508. The lowest BCUT2D eigenvalue weighted by Crippen LogP contribution is -1.94. The smallest absolute Gasteiger partial charge is 0.116 e. The van der Waals surface area contributed by atoms with E-state index in [0.29, 0.717) is 5.92 Å². The molecule has 0 bridgehead atoms. The van der Waals surface area contributed by atoms with Gasteiger partial charge in [0.1, 0.15) is 12.0 Å². The number of aromatic nitrogens is 2. The summed E-state index contributed by atoms with van der Waals surface area (Å²) in [5.41, 5.74) is 2.79. The molecule has 0 saturated carbocycles. The molecule has 0 fully saturated rings. The van der Waals surface area contributed by atoms with E-state index in [2.05, 4.69) is 28.8 Å². The molecule has 1 atom stereocenters. The van der Waals surface area contributed by atoms with Crippen LogP contribution in [0, 0.1) is 19.8 Å². The van der Waals surface area contributed by atoms with E-state index in [0.717, 1.165) is 23.5 Å². The number of aliphatic imine (C=N–C) groups is 1. The van der Waals surface area contributed by atoms with Gasteiger partial charge in [-0.3, -0.25) is 4.99 Å². The first-order chi connectivity index (χ1) is 6.65. The Balaban J connectivity index is 2.91. The Bertz CT molecular complexity index is 311. The molecule has 0 spiro atoms. The lowest BCUT2D eigenvalue weighted by atomic mass is 10.1. The van der Waals surface area contributed by atoms with Crippen molar-refractivity contribution < 1.29 is 0 Å². The van der Waals surface area contributed by atoms with Gasteiger partial charge in [0.2, 0.25) is 0 Å². The molecule has 3 heteroatoms. The van der Waals surface area contributed by atoms with Crippen molar-refractivity contribution >= 4 is 11.9 Å². The van der Waals surface area contributed by atoms with Gasteiger partial charge in [-0.2, -0.15) is 0 Å². The van der Waals surface area contributed by atoms with Gasteiger partial charge >= 0.3 is 0 Å². The van der Waals surface area contributed by atoms with Crippen molar-refractivity contribution in [2.75, 3.05) is 0 Å². The third-order valence-electron chi connectivity index (χ3n) is 2.29. The maximum atomic E-state index is 4.43. The molecule has 0 saturated heterocycles. The molecule has 0 aliphatic rings. The average Bonchev–Trinajstić information content (AvgIpc) is 2.16. The zero-order valence-corrected chi connectivity index (χ0v) is 9.28. The van der Waals surface area contributed by atoms with Gasteiger partial charge < -0.3 is 0 Å². The minimum atomic E-state index is 0.508. The Morgan fingerprint density at radius 1 is 1.36 bits per heavy atom. The molecule has 0 unspecified atom stereocenters. The number of aryl methyl sites for hydroxylation is 2. The number of hydrogen-bond acceptors (Lipinski definition) is 3. The summed E-state index contributed by atoms with van der Waals surface area (Å²) in [4.78, 5) is 12.7. The van der Waals surface area contributed by atoms with Crippen molar-refractivity contribution in [1.29, 1.82) is 0 Å². The summed E-state index contributed by atoms with van der Waals surface area (Å²) in [6.45, 7) is 8.21. The maximum Gasteiger partial charge on any atom is 0.116 e. The van der Waals surface area contributed by atoms with Crippen LogP contribution in [-0.4, -0.2) is 16.2 Å². The van der Waals surface area contributed by atoms with Crippen molar-refractivity contribution in [2.45, 2.75) is 34.1 Å². The van der Waals surface area contributed by atoms with Gasteiger partial charge in [0.25, 0.3) is 0 Å². The monoisotopic (exact) mass is 191 g/mol. The largest absolute Gasteiger partial charge is 0.257 e. The van der Waals surface area contributed by atoms with Crippen LogP contribution in [0.25, 0.3) is 0 Å². The van der Waals surface area contributed by atoms with Gasteiger partial charge in [0, 0.05) is 6.21 Å². The Morgan fingerprint density at radius 3 is 2.43 bits per heavy atom. The summed E-state index contributed by atoms with van der Waals surface area (Å²) in [7, 11) is 0. The van der Waals surface area contributed by atoms with E-state index in [1.54, 1.807) is 6.33 Å². The van der Waals surface area contributed by atoms with Crippen LogP contribution in [0.5, 0.6) is 0 Å². The van der Waals surface area contributed by atoms with Gasteiger partial charge in [-0.05, 0) is 26.2 Å². The molecular weight excluding hydrogens is 174 g/mol. The summed E-state index contributed by atoms with van der Waals surface area (Å²) in [6.07, 6.45) is 4.65. The molecule has 1 rings (SSSR count). The van der Waals surface area contributed by atoms with E-state index in [1.807, 2.05) is 20.1 Å². The highest BCUT2D eigenvalue weighted by Crippen LogP contribution is 2.18. The molecule has 0 aliphatic heterocycles. The maximum absolute atomic E-state index is 4.43. The fourth-order valence-electron chi connectivity index (χ4n) is 1.08. The molecule has 0 N–H and O–H groups in total. The highest BCUT2D eigenvalue weighted by molar-refractivity contribution is 5.66. The first-order valence-electron chi connectivity index (χ1n) is 4.97. The first-order valence-corrected chi connectivity index (χ1v) is 4.97. The quantitative estimate of drug-likeness (QED) is 0.689. The van der Waals surface area contributed by atoms with E-state index >= 15 is 0 Å². The van der Waals surface area contributed by atoms with Crippen LogP contribution in [0.3, 0.4) is 0 Å². The second kappa shape index (κ2) is 4.84. The highest BCUT2D eigenvalue weighted by atomic mass is 14.9. The zero-order valence-electron chi connectivity index (χ0n) is 9.28. The van der Waals surface area contributed by atoms with Crippen LogP contribution in [0.15, 0.2) is 11.3 Å². The molecule has 1 heterocycles. The average molecular weight is 191 g/mol. The van der Waals surface area contributed by atoms with Crippen LogP contribution in [0.2, 0.25) is 0 Å². The van der Waals surface area contributed by atoms with Crippen LogP contribution in [0.4, 0.5) is 5.69 Å². The lowest BCUT2D eigenvalue weighted by molar-refractivity contribution is 0.754. The van der Waals surface area contributed by atoms with Gasteiger partial charge in [-0.15, -0.1) is 0 Å². The molecule has 14 heavy (non-hydrogen) atoms. The molecular formula is C11H17N3. The Kier molecular flexibility index (Phi) is 3.74. The normalized spacial score (nSPS) is 13.4. The standard InChI is InChI=1S/C11H17N3/c1-5-8(2)6-12-11-9(3)13-7-14-10(11)4/h6-8H,5H2,1-4H3/t8-/m0/s1. The van der Waals surface area contributed by atoms with Crippen molar-refractivity contribution in [3.63, 3.8) is 0 Å². The second-order valence-corrected chi connectivity index (χ2v) is 3.56. The van der Waals surface area contributed by atoms with Crippen LogP contribution < -0.4 is 0 Å². The molecule has 1 aromatic rings. The fourth-order valence-corrected chi connectivity index (χ4v) is 1.08. The van der Waals surface area contributed by atoms with Crippen LogP contribution >= 0.6 is 0 Å². The van der Waals surface area contributed by atoms with E-state index < -0.39 is 0 Å². The molecule has 0 aliphatic carbocycles. The van der Waals surface area contributed by atoms with Crippen molar-refractivity contribution in [3.05, 3.63) is 17.7 Å². The molecule has 3 nitrogen and oxygen atoms in total. The minimum Gasteiger partial charge on any atom is -0.257 e. The van der Waals surface area contributed by atoms with E-state index in [-0.39, 0.29) is 0 Å². The first kappa shape index (κ1) is 10.8. The molecule has 1 aromatic heterocycles. The minimum absolute atomic E-state index is 0.508. The highest BCUT2D eigenvalue weighted by Gasteiger charge is 2.02. The molecule has 0 aromatic carbocycles. The second-order valence-electron chi connectivity index (χ2n) is 3.56. The zero-order chi connectivity index (χ0) is 10.6. The third kappa shape index (κ3) is 2.62.